The van der Waals surface area contributed by atoms with Gasteiger partial charge in [0.2, 0.25) is 0 Å². The molecule has 0 aliphatic carbocycles. The summed E-state index contributed by atoms with van der Waals surface area (Å²) in [5, 5.41) is 9.58. The van der Waals surface area contributed by atoms with Crippen molar-refractivity contribution in [3.8, 4) is 0 Å². The Morgan fingerprint density at radius 2 is 2.20 bits per heavy atom. The zero-order valence-corrected chi connectivity index (χ0v) is 12.9. The number of ether oxygens (including phenoxy) is 1. The number of rotatable bonds is 8. The van der Waals surface area contributed by atoms with Crippen molar-refractivity contribution >= 4 is 16.2 Å². The van der Waals surface area contributed by atoms with Crippen LogP contribution in [-0.4, -0.2) is 55.6 Å². The fourth-order valence-electron chi connectivity index (χ4n) is 2.22. The molecule has 2 N–H and O–H groups in total. The molecular formula is C12H24N2O5S. The smallest absolute Gasteiger partial charge is 0.324 e. The van der Waals surface area contributed by atoms with Crippen molar-refractivity contribution in [3.63, 3.8) is 0 Å². The van der Waals surface area contributed by atoms with Gasteiger partial charge in [0.25, 0.3) is 10.2 Å². The zero-order chi connectivity index (χ0) is 15.2. The van der Waals surface area contributed by atoms with Crippen LogP contribution in [0.5, 0.6) is 0 Å². The molecule has 1 saturated heterocycles. The SMILES string of the molecule is CCCC(O)CNS(=O)(=O)N1CCCC1C(=O)OCC. The van der Waals surface area contributed by atoms with E-state index in [2.05, 4.69) is 4.72 Å². The molecule has 0 aromatic carbocycles. The third kappa shape index (κ3) is 4.69. The predicted molar refractivity (Wildman–Crippen MR) is 74.2 cm³/mol. The Morgan fingerprint density at radius 3 is 2.80 bits per heavy atom. The molecule has 0 radical (unpaired) electrons. The summed E-state index contributed by atoms with van der Waals surface area (Å²) in [6.07, 6.45) is 1.69. The molecule has 0 bridgehead atoms. The molecule has 0 amide bonds. The van der Waals surface area contributed by atoms with Gasteiger partial charge in [-0.25, -0.2) is 0 Å². The van der Waals surface area contributed by atoms with Gasteiger partial charge in [-0.1, -0.05) is 13.3 Å². The van der Waals surface area contributed by atoms with Crippen molar-refractivity contribution in [1.82, 2.24) is 9.03 Å². The summed E-state index contributed by atoms with van der Waals surface area (Å²) in [6.45, 7) is 4.08. The average Bonchev–Trinajstić information content (AvgIpc) is 2.87. The molecule has 7 nitrogen and oxygen atoms in total. The number of nitrogens with zero attached hydrogens (tertiary/aromatic N) is 1. The second kappa shape index (κ2) is 7.92. The quantitative estimate of drug-likeness (QED) is 0.616. The fourth-order valence-corrected chi connectivity index (χ4v) is 3.69. The largest absolute Gasteiger partial charge is 0.465 e. The maximum Gasteiger partial charge on any atom is 0.324 e. The van der Waals surface area contributed by atoms with Crippen LogP contribution in [0.1, 0.15) is 39.5 Å². The number of carbonyl (C=O) groups excluding carboxylic acids is 1. The molecule has 0 spiro atoms. The Labute approximate surface area is 120 Å². The summed E-state index contributed by atoms with van der Waals surface area (Å²) in [4.78, 5) is 11.7. The van der Waals surface area contributed by atoms with Gasteiger partial charge >= 0.3 is 5.97 Å². The van der Waals surface area contributed by atoms with Crippen molar-refractivity contribution < 1.29 is 23.1 Å². The van der Waals surface area contributed by atoms with E-state index >= 15 is 0 Å². The van der Waals surface area contributed by atoms with E-state index < -0.39 is 28.3 Å². The summed E-state index contributed by atoms with van der Waals surface area (Å²) >= 11 is 0. The summed E-state index contributed by atoms with van der Waals surface area (Å²) in [5.74, 6) is -0.510. The van der Waals surface area contributed by atoms with E-state index in [0.29, 0.717) is 25.8 Å². The second-order valence-corrected chi connectivity index (χ2v) is 6.52. The van der Waals surface area contributed by atoms with Gasteiger partial charge in [0.15, 0.2) is 0 Å². The van der Waals surface area contributed by atoms with Gasteiger partial charge in [-0.05, 0) is 26.2 Å². The molecule has 2 atom stereocenters. The highest BCUT2D eigenvalue weighted by Crippen LogP contribution is 2.21. The number of aliphatic hydroxyl groups excluding tert-OH is 1. The van der Waals surface area contributed by atoms with E-state index in [1.807, 2.05) is 6.92 Å². The summed E-state index contributed by atoms with van der Waals surface area (Å²) in [6, 6.07) is -0.754. The Kier molecular flexibility index (Phi) is 6.87. The Morgan fingerprint density at radius 1 is 1.50 bits per heavy atom. The molecule has 1 rings (SSSR count). The summed E-state index contributed by atoms with van der Waals surface area (Å²) < 4.78 is 32.7. The molecule has 8 heteroatoms. The van der Waals surface area contributed by atoms with E-state index in [0.717, 1.165) is 10.7 Å². The van der Waals surface area contributed by atoms with Crippen molar-refractivity contribution in [2.45, 2.75) is 51.7 Å². The van der Waals surface area contributed by atoms with Crippen LogP contribution in [0.25, 0.3) is 0 Å². The first-order chi connectivity index (χ1) is 9.42. The lowest BCUT2D eigenvalue weighted by Gasteiger charge is -2.23. The van der Waals surface area contributed by atoms with Crippen LogP contribution < -0.4 is 4.72 Å². The minimum atomic E-state index is -3.76. The molecule has 0 aromatic rings. The van der Waals surface area contributed by atoms with Crippen LogP contribution in [0, 0.1) is 0 Å². The van der Waals surface area contributed by atoms with Crippen molar-refractivity contribution in [1.29, 1.82) is 0 Å². The van der Waals surface area contributed by atoms with Crippen molar-refractivity contribution in [2.24, 2.45) is 0 Å². The maximum atomic E-state index is 12.2. The van der Waals surface area contributed by atoms with E-state index in [1.54, 1.807) is 6.92 Å². The lowest BCUT2D eigenvalue weighted by atomic mass is 10.2. The fraction of sp³-hybridized carbons (Fsp3) is 0.917. The normalized spacial score (nSPS) is 21.9. The lowest BCUT2D eigenvalue weighted by Crippen LogP contribution is -2.48. The first-order valence-electron chi connectivity index (χ1n) is 7.03. The van der Waals surface area contributed by atoms with Gasteiger partial charge in [0.1, 0.15) is 6.04 Å². The molecule has 1 aliphatic heterocycles. The minimum absolute atomic E-state index is 0.0395. The van der Waals surface area contributed by atoms with Crippen LogP contribution in [0.2, 0.25) is 0 Å². The van der Waals surface area contributed by atoms with Gasteiger partial charge in [-0.3, -0.25) is 4.79 Å². The van der Waals surface area contributed by atoms with Gasteiger partial charge in [-0.2, -0.15) is 17.4 Å². The molecule has 20 heavy (non-hydrogen) atoms. The topological polar surface area (TPSA) is 95.9 Å². The van der Waals surface area contributed by atoms with E-state index in [9.17, 15) is 18.3 Å². The average molecular weight is 308 g/mol. The molecule has 0 aromatic heterocycles. The third-order valence-electron chi connectivity index (χ3n) is 3.19. The third-order valence-corrected chi connectivity index (χ3v) is 4.78. The second-order valence-electron chi connectivity index (χ2n) is 4.82. The molecule has 1 aliphatic rings. The monoisotopic (exact) mass is 308 g/mol. The Hall–Kier alpha value is -0.700. The van der Waals surface area contributed by atoms with Crippen molar-refractivity contribution in [3.05, 3.63) is 0 Å². The molecular weight excluding hydrogens is 284 g/mol. The summed E-state index contributed by atoms with van der Waals surface area (Å²) in [7, 11) is -3.76. The standard InChI is InChI=1S/C12H24N2O5S/c1-3-6-10(15)9-13-20(17,18)14-8-5-7-11(14)12(16)19-4-2/h10-11,13,15H,3-9H2,1-2H3. The van der Waals surface area contributed by atoms with Gasteiger partial charge < -0.3 is 9.84 Å². The van der Waals surface area contributed by atoms with E-state index in [-0.39, 0.29) is 13.2 Å². The molecule has 1 heterocycles. The van der Waals surface area contributed by atoms with E-state index in [4.69, 9.17) is 4.74 Å². The number of hydrogen-bond acceptors (Lipinski definition) is 5. The van der Waals surface area contributed by atoms with Gasteiger partial charge in [-0.15, -0.1) is 0 Å². The van der Waals surface area contributed by atoms with Crippen LogP contribution >= 0.6 is 0 Å². The number of esters is 1. The first kappa shape index (κ1) is 17.4. The number of hydrogen-bond donors (Lipinski definition) is 2. The van der Waals surface area contributed by atoms with Crippen LogP contribution in [0.15, 0.2) is 0 Å². The van der Waals surface area contributed by atoms with Crippen LogP contribution in [0.3, 0.4) is 0 Å². The Balaban J connectivity index is 2.63. The van der Waals surface area contributed by atoms with Crippen molar-refractivity contribution in [2.75, 3.05) is 19.7 Å². The Bertz CT molecular complexity index is 412. The summed E-state index contributed by atoms with van der Waals surface area (Å²) in [5.41, 5.74) is 0. The molecule has 118 valence electrons. The number of aliphatic hydroxyl groups is 1. The maximum absolute atomic E-state index is 12.2. The molecule has 1 fully saturated rings. The highest BCUT2D eigenvalue weighted by molar-refractivity contribution is 7.87. The van der Waals surface area contributed by atoms with Gasteiger partial charge in [0.05, 0.1) is 12.7 Å². The van der Waals surface area contributed by atoms with Crippen LogP contribution in [0.4, 0.5) is 0 Å². The highest BCUT2D eigenvalue weighted by atomic mass is 32.2. The lowest BCUT2D eigenvalue weighted by molar-refractivity contribution is -0.146. The minimum Gasteiger partial charge on any atom is -0.465 e. The predicted octanol–water partition coefficient (Wildman–Crippen LogP) is 0.00930. The first-order valence-corrected chi connectivity index (χ1v) is 8.47. The zero-order valence-electron chi connectivity index (χ0n) is 12.0. The number of nitrogens with one attached hydrogen (secondary N) is 1. The molecule has 0 saturated carbocycles. The van der Waals surface area contributed by atoms with Crippen LogP contribution in [-0.2, 0) is 19.7 Å². The number of carbonyl (C=O) groups is 1. The molecule has 2 unspecified atom stereocenters. The van der Waals surface area contributed by atoms with Gasteiger partial charge in [0, 0.05) is 13.1 Å². The highest BCUT2D eigenvalue weighted by Gasteiger charge is 2.39. The van der Waals surface area contributed by atoms with E-state index in [1.165, 1.54) is 0 Å².